The van der Waals surface area contributed by atoms with Crippen molar-refractivity contribution < 1.29 is 14.8 Å². The van der Waals surface area contributed by atoms with E-state index in [1.165, 1.54) is 17.7 Å². The minimum Gasteiger partial charge on any atom is -0.733 e. The van der Waals surface area contributed by atoms with E-state index in [4.69, 9.17) is 0 Å². The zero-order valence-electron chi connectivity index (χ0n) is 19.2. The molecule has 0 aromatic heterocycles. The molecule has 0 unspecified atom stereocenters. The second-order valence-corrected chi connectivity index (χ2v) is 10.5. The minimum absolute atomic E-state index is 0.0518. The summed E-state index contributed by atoms with van der Waals surface area (Å²) in [5.41, 5.74) is 5.53. The highest BCUT2D eigenvalue weighted by Crippen LogP contribution is 2.62. The molecule has 3 aromatic carbocycles. The summed E-state index contributed by atoms with van der Waals surface area (Å²) in [4.78, 5) is 28.9. The molecule has 1 aliphatic heterocycles. The Morgan fingerprint density at radius 2 is 1.32 bits per heavy atom. The Morgan fingerprint density at radius 3 is 1.91 bits per heavy atom. The van der Waals surface area contributed by atoms with Crippen molar-refractivity contribution in [3.63, 3.8) is 0 Å². The molecule has 4 aliphatic rings. The average molecular weight is 454 g/mol. The van der Waals surface area contributed by atoms with Gasteiger partial charge in [-0.25, -0.2) is 4.90 Å². The molecule has 172 valence electrons. The number of nitrogens with zero attached hydrogens (tertiary/aromatic N) is 2. The molecule has 1 fully saturated rings. The number of hydrogen-bond donors (Lipinski definition) is 1. The predicted octanol–water partition coefficient (Wildman–Crippen LogP) is 5.07. The lowest BCUT2D eigenvalue weighted by atomic mass is 9.54. The highest BCUT2D eigenvalue weighted by atomic mass is 16.8. The summed E-state index contributed by atoms with van der Waals surface area (Å²) in [6, 6.07) is 20.7. The van der Waals surface area contributed by atoms with Crippen molar-refractivity contribution in [2.75, 3.05) is 10.1 Å². The molecule has 0 radical (unpaired) electrons. The molecule has 7 rings (SSSR count). The van der Waals surface area contributed by atoms with Crippen LogP contribution in [0, 0.1) is 17.0 Å². The van der Waals surface area contributed by atoms with Crippen molar-refractivity contribution in [2.24, 2.45) is 11.8 Å². The van der Waals surface area contributed by atoms with Gasteiger partial charge in [0, 0.05) is 11.8 Å². The maximum Gasteiger partial charge on any atom is 0.238 e. The molecule has 1 heterocycles. The molecule has 3 aromatic rings. The van der Waals surface area contributed by atoms with Gasteiger partial charge in [0.15, 0.2) is 0 Å². The lowest BCUT2D eigenvalue weighted by Crippen LogP contribution is -2.41. The monoisotopic (exact) mass is 453 g/mol. The van der Waals surface area contributed by atoms with Crippen LogP contribution >= 0.6 is 0 Å². The van der Waals surface area contributed by atoms with E-state index in [9.17, 15) is 20.0 Å². The summed E-state index contributed by atoms with van der Waals surface area (Å²) in [7, 11) is 0. The van der Waals surface area contributed by atoms with Gasteiger partial charge < -0.3 is 10.4 Å². The van der Waals surface area contributed by atoms with Gasteiger partial charge in [-0.15, -0.1) is 0 Å². The Hall–Kier alpha value is -3.48. The zero-order valence-corrected chi connectivity index (χ0v) is 19.2. The van der Waals surface area contributed by atoms with E-state index in [2.05, 4.69) is 51.1 Å². The van der Waals surface area contributed by atoms with Crippen LogP contribution in [-0.2, 0) is 15.0 Å². The first-order valence-electron chi connectivity index (χ1n) is 11.6. The van der Waals surface area contributed by atoms with Crippen molar-refractivity contribution >= 4 is 23.2 Å². The number of amides is 2. The Morgan fingerprint density at radius 1 is 0.794 bits per heavy atom. The third-order valence-corrected chi connectivity index (χ3v) is 7.73. The summed E-state index contributed by atoms with van der Waals surface area (Å²) in [6.45, 7) is 6.50. The Balaban J connectivity index is 1.56. The van der Waals surface area contributed by atoms with Crippen molar-refractivity contribution in [2.45, 2.75) is 38.0 Å². The van der Waals surface area contributed by atoms with E-state index in [0.717, 1.165) is 27.2 Å². The highest BCUT2D eigenvalue weighted by molar-refractivity contribution is 6.24. The third kappa shape index (κ3) is 2.70. The second-order valence-electron chi connectivity index (χ2n) is 10.5. The number of benzene rings is 3. The van der Waals surface area contributed by atoms with Gasteiger partial charge in [-0.3, -0.25) is 14.8 Å². The van der Waals surface area contributed by atoms with E-state index < -0.39 is 11.8 Å². The van der Waals surface area contributed by atoms with Crippen molar-refractivity contribution in [1.29, 1.82) is 0 Å². The number of hydrogen-bond acceptors (Lipinski definition) is 5. The van der Waals surface area contributed by atoms with Gasteiger partial charge in [0.25, 0.3) is 0 Å². The lowest BCUT2D eigenvalue weighted by molar-refractivity contribution is -0.122. The van der Waals surface area contributed by atoms with Crippen LogP contribution in [0.4, 0.5) is 11.4 Å². The van der Waals surface area contributed by atoms with Gasteiger partial charge >= 0.3 is 0 Å². The molecule has 3 aliphatic carbocycles. The van der Waals surface area contributed by atoms with Crippen LogP contribution in [0.1, 0.15) is 60.4 Å². The first-order valence-corrected chi connectivity index (χ1v) is 11.6. The molecular formula is C28H25N2O4-. The fourth-order valence-corrected chi connectivity index (χ4v) is 6.25. The summed E-state index contributed by atoms with van der Waals surface area (Å²) < 4.78 is 0. The predicted molar refractivity (Wildman–Crippen MR) is 129 cm³/mol. The van der Waals surface area contributed by atoms with E-state index in [0.29, 0.717) is 0 Å². The number of anilines is 2. The first-order chi connectivity index (χ1) is 16.2. The normalized spacial score (nSPS) is 24.7. The van der Waals surface area contributed by atoms with E-state index in [1.54, 1.807) is 12.1 Å². The summed E-state index contributed by atoms with van der Waals surface area (Å²) in [5.74, 6) is -2.22. The zero-order chi connectivity index (χ0) is 23.9. The fraction of sp³-hybridized carbons (Fsp3) is 0.286. The van der Waals surface area contributed by atoms with Crippen LogP contribution in [0.25, 0.3) is 0 Å². The third-order valence-electron chi connectivity index (χ3n) is 7.73. The van der Waals surface area contributed by atoms with Crippen molar-refractivity contribution in [3.8, 4) is 0 Å². The van der Waals surface area contributed by atoms with Crippen LogP contribution in [0.3, 0.4) is 0 Å². The van der Waals surface area contributed by atoms with Gasteiger partial charge in [-0.1, -0.05) is 75.4 Å². The maximum absolute atomic E-state index is 13.9. The molecule has 6 nitrogen and oxygen atoms in total. The first kappa shape index (κ1) is 21.1. The maximum atomic E-state index is 13.9. The van der Waals surface area contributed by atoms with Gasteiger partial charge in [0.2, 0.25) is 11.8 Å². The van der Waals surface area contributed by atoms with Crippen LogP contribution in [0.5, 0.6) is 0 Å². The van der Waals surface area contributed by atoms with Gasteiger partial charge in [0.05, 0.1) is 23.2 Å². The molecule has 2 amide bonds. The van der Waals surface area contributed by atoms with Crippen molar-refractivity contribution in [3.05, 3.63) is 99.8 Å². The molecular weight excluding hydrogens is 428 g/mol. The van der Waals surface area contributed by atoms with Crippen LogP contribution in [0.15, 0.2) is 66.7 Å². The number of rotatable bonds is 2. The summed E-state index contributed by atoms with van der Waals surface area (Å²) >= 11 is 0. The molecule has 2 bridgehead atoms. The molecule has 1 saturated heterocycles. The minimum atomic E-state index is -0.554. The number of carbonyl (C=O) groups excluding carboxylic acids is 2. The quantitative estimate of drug-likeness (QED) is 0.432. The van der Waals surface area contributed by atoms with Gasteiger partial charge in [0.1, 0.15) is 0 Å². The molecule has 0 saturated carbocycles. The van der Waals surface area contributed by atoms with Crippen LogP contribution in [0.2, 0.25) is 0 Å². The Labute approximate surface area is 198 Å². The molecule has 34 heavy (non-hydrogen) atoms. The molecule has 0 spiro atoms. The van der Waals surface area contributed by atoms with Crippen LogP contribution < -0.4 is 10.1 Å². The summed E-state index contributed by atoms with van der Waals surface area (Å²) in [6.07, 6.45) is 0. The summed E-state index contributed by atoms with van der Waals surface area (Å²) in [5, 5.41) is 21.1. The Kier molecular flexibility index (Phi) is 4.35. The van der Waals surface area contributed by atoms with E-state index in [1.807, 2.05) is 12.1 Å². The number of para-hydroxylation sites is 2. The topological polar surface area (TPSA) is 83.9 Å². The molecule has 1 N–H and O–H groups in total. The smallest absolute Gasteiger partial charge is 0.238 e. The van der Waals surface area contributed by atoms with Crippen molar-refractivity contribution in [1.82, 2.24) is 0 Å². The lowest BCUT2D eigenvalue weighted by Gasteiger charge is -2.46. The van der Waals surface area contributed by atoms with Gasteiger partial charge in [-0.05, 0) is 45.4 Å². The second kappa shape index (κ2) is 7.01. The van der Waals surface area contributed by atoms with E-state index >= 15 is 0 Å². The largest absolute Gasteiger partial charge is 0.733 e. The number of carbonyl (C=O) groups is 2. The highest BCUT2D eigenvalue weighted by Gasteiger charge is 2.62. The van der Waals surface area contributed by atoms with Gasteiger partial charge in [-0.2, -0.15) is 0 Å². The van der Waals surface area contributed by atoms with Crippen LogP contribution in [-0.4, -0.2) is 17.0 Å². The molecule has 6 heteroatoms. The standard InChI is InChI=1S/C28H25N2O4/c1-28(2,3)15-12-13-18-19(14-15)23-17-9-5-4-8-16(17)22(18)24-25(23)27(32)29(26(24)31)20-10-6-7-11-21(20)30(33)34/h4-14,22-25,33H,1-3H3/q-1/t22-,23-,24-,25+/m0/s1. The average Bonchev–Trinajstić information content (AvgIpc) is 3.08. The SMILES string of the molecule is CC(C)(C)c1ccc2c(c1)[C@@H]1c3ccccc3[C@@H]2[C@@H]2C(=O)N(c3ccccc3N([O-])O)C(=O)[C@H]12. The number of imide groups is 1. The Bertz CT molecular complexity index is 1360. The fourth-order valence-electron chi connectivity index (χ4n) is 6.25. The molecule has 4 atom stereocenters. The van der Waals surface area contributed by atoms with E-state index in [-0.39, 0.29) is 45.7 Å².